The van der Waals surface area contributed by atoms with Crippen molar-refractivity contribution in [1.82, 2.24) is 0 Å². The summed E-state index contributed by atoms with van der Waals surface area (Å²) < 4.78 is 15.4. The molecule has 67 valence electrons. The van der Waals surface area contributed by atoms with Gasteiger partial charge in [-0.3, -0.25) is 0 Å². The van der Waals surface area contributed by atoms with Crippen LogP contribution in [0.15, 0.2) is 22.6 Å². The zero-order valence-electron chi connectivity index (χ0n) is 7.46. The van der Waals surface area contributed by atoms with E-state index in [4.69, 9.17) is 13.9 Å². The van der Waals surface area contributed by atoms with Crippen LogP contribution in [-0.2, 0) is 0 Å². The van der Waals surface area contributed by atoms with Crippen molar-refractivity contribution in [3.63, 3.8) is 0 Å². The molecule has 0 spiro atoms. The van der Waals surface area contributed by atoms with E-state index in [1.165, 1.54) is 0 Å². The highest BCUT2D eigenvalue weighted by Crippen LogP contribution is 2.31. The summed E-state index contributed by atoms with van der Waals surface area (Å²) in [5.41, 5.74) is 0.698. The smallest absolute Gasteiger partial charge is 0.177 e. The second kappa shape index (κ2) is 3.01. The Morgan fingerprint density at radius 2 is 2.08 bits per heavy atom. The summed E-state index contributed by atoms with van der Waals surface area (Å²) in [7, 11) is 3.21. The quantitative estimate of drug-likeness (QED) is 0.705. The normalized spacial score (nSPS) is 10.3. The van der Waals surface area contributed by atoms with Gasteiger partial charge in [-0.1, -0.05) is 0 Å². The van der Waals surface area contributed by atoms with Gasteiger partial charge in [-0.2, -0.15) is 0 Å². The molecule has 2 rings (SSSR count). The fourth-order valence-electron chi connectivity index (χ4n) is 1.24. The number of rotatable bonds is 2. The molecule has 2 aromatic rings. The third-order valence-electron chi connectivity index (χ3n) is 1.89. The van der Waals surface area contributed by atoms with Crippen LogP contribution in [0.25, 0.3) is 11.0 Å². The van der Waals surface area contributed by atoms with Crippen LogP contribution in [-0.4, -0.2) is 14.2 Å². The van der Waals surface area contributed by atoms with Gasteiger partial charge in [0.2, 0.25) is 0 Å². The number of furan rings is 1. The minimum absolute atomic E-state index is 0.663. The Labute approximate surface area is 75.9 Å². The van der Waals surface area contributed by atoms with Crippen molar-refractivity contribution in [1.29, 1.82) is 0 Å². The van der Waals surface area contributed by atoms with Crippen molar-refractivity contribution < 1.29 is 13.9 Å². The molecule has 0 fully saturated rings. The van der Waals surface area contributed by atoms with Gasteiger partial charge >= 0.3 is 0 Å². The van der Waals surface area contributed by atoms with E-state index < -0.39 is 0 Å². The maximum atomic E-state index is 5.13. The Morgan fingerprint density at radius 3 is 2.77 bits per heavy atom. The molecule has 1 aromatic carbocycles. The predicted octanol–water partition coefficient (Wildman–Crippen LogP) is 2.25. The number of benzene rings is 1. The average molecular weight is 177 g/mol. The summed E-state index contributed by atoms with van der Waals surface area (Å²) >= 11 is 0. The standard InChI is InChI=1S/C10H9O3/c1-11-8-5-7-3-4-13-10(7)9(6-8)12-2/h3,5-6H,1-2H3. The first-order chi connectivity index (χ1) is 6.35. The fraction of sp³-hybridized carbons (Fsp3) is 0.200. The molecule has 0 aliphatic carbocycles. The molecule has 0 N–H and O–H groups in total. The number of hydrogen-bond donors (Lipinski definition) is 0. The van der Waals surface area contributed by atoms with Gasteiger partial charge in [0.1, 0.15) is 5.75 Å². The molecule has 3 nitrogen and oxygen atoms in total. The first-order valence-corrected chi connectivity index (χ1v) is 3.87. The summed E-state index contributed by atoms with van der Waals surface area (Å²) in [6.45, 7) is 0. The average Bonchev–Trinajstić information content (AvgIpc) is 2.63. The van der Waals surface area contributed by atoms with Crippen LogP contribution in [0.5, 0.6) is 11.5 Å². The van der Waals surface area contributed by atoms with E-state index in [2.05, 4.69) is 6.26 Å². The molecule has 0 amide bonds. The van der Waals surface area contributed by atoms with E-state index in [9.17, 15) is 0 Å². The Morgan fingerprint density at radius 1 is 1.23 bits per heavy atom. The Bertz CT molecular complexity index is 417. The molecule has 0 aliphatic rings. The highest BCUT2D eigenvalue weighted by molar-refractivity contribution is 5.84. The van der Waals surface area contributed by atoms with Crippen LogP contribution in [0.3, 0.4) is 0 Å². The SMILES string of the molecule is COc1cc(OC)c2o[c]cc2c1. The van der Waals surface area contributed by atoms with E-state index >= 15 is 0 Å². The van der Waals surface area contributed by atoms with Gasteiger partial charge in [-0.05, 0) is 12.1 Å². The predicted molar refractivity (Wildman–Crippen MR) is 48.2 cm³/mol. The molecule has 13 heavy (non-hydrogen) atoms. The molecule has 1 radical (unpaired) electrons. The third kappa shape index (κ3) is 1.22. The minimum Gasteiger partial charge on any atom is -0.497 e. The van der Waals surface area contributed by atoms with Crippen LogP contribution in [0.1, 0.15) is 0 Å². The highest BCUT2D eigenvalue weighted by atomic mass is 16.5. The van der Waals surface area contributed by atoms with Gasteiger partial charge in [-0.25, -0.2) is 0 Å². The summed E-state index contributed by atoms with van der Waals surface area (Å²) in [5.74, 6) is 1.41. The minimum atomic E-state index is 0.663. The van der Waals surface area contributed by atoms with E-state index in [0.29, 0.717) is 11.3 Å². The van der Waals surface area contributed by atoms with Gasteiger partial charge in [0.25, 0.3) is 0 Å². The molecule has 0 saturated carbocycles. The number of methoxy groups -OCH3 is 2. The van der Waals surface area contributed by atoms with E-state index in [1.807, 2.05) is 6.07 Å². The molecular formula is C10H9O3. The summed E-state index contributed by atoms with van der Waals surface area (Å²) in [6.07, 6.45) is 2.65. The zero-order valence-corrected chi connectivity index (χ0v) is 7.46. The largest absolute Gasteiger partial charge is 0.497 e. The van der Waals surface area contributed by atoms with Crippen LogP contribution >= 0.6 is 0 Å². The topological polar surface area (TPSA) is 31.6 Å². The first kappa shape index (κ1) is 7.98. The van der Waals surface area contributed by atoms with E-state index in [1.54, 1.807) is 26.4 Å². The lowest BCUT2D eigenvalue weighted by atomic mass is 10.2. The van der Waals surface area contributed by atoms with Gasteiger partial charge < -0.3 is 13.9 Å². The van der Waals surface area contributed by atoms with Crippen LogP contribution in [0, 0.1) is 6.26 Å². The molecule has 0 aliphatic heterocycles. The van der Waals surface area contributed by atoms with Gasteiger partial charge in [0.05, 0.1) is 14.2 Å². The van der Waals surface area contributed by atoms with E-state index in [0.717, 1.165) is 11.1 Å². The van der Waals surface area contributed by atoms with Crippen molar-refractivity contribution in [2.24, 2.45) is 0 Å². The number of ether oxygens (including phenoxy) is 2. The first-order valence-electron chi connectivity index (χ1n) is 3.87. The monoisotopic (exact) mass is 177 g/mol. The highest BCUT2D eigenvalue weighted by Gasteiger charge is 2.07. The fourth-order valence-corrected chi connectivity index (χ4v) is 1.24. The molecule has 0 unspecified atom stereocenters. The summed E-state index contributed by atoms with van der Waals surface area (Å²) in [5, 5.41) is 0.927. The molecule has 0 saturated heterocycles. The van der Waals surface area contributed by atoms with Crippen molar-refractivity contribution in [2.75, 3.05) is 14.2 Å². The van der Waals surface area contributed by atoms with Crippen molar-refractivity contribution in [3.8, 4) is 11.5 Å². The van der Waals surface area contributed by atoms with E-state index in [-0.39, 0.29) is 0 Å². The van der Waals surface area contributed by atoms with Crippen LogP contribution < -0.4 is 9.47 Å². The molecule has 0 atom stereocenters. The molecule has 1 aromatic heterocycles. The van der Waals surface area contributed by atoms with Gasteiger partial charge in [0.15, 0.2) is 17.6 Å². The number of hydrogen-bond acceptors (Lipinski definition) is 3. The maximum absolute atomic E-state index is 5.13. The molecule has 3 heteroatoms. The van der Waals surface area contributed by atoms with Crippen LogP contribution in [0.4, 0.5) is 0 Å². The lowest BCUT2D eigenvalue weighted by molar-refractivity contribution is 0.392. The number of fused-ring (bicyclic) bond motifs is 1. The molecular weight excluding hydrogens is 168 g/mol. The van der Waals surface area contributed by atoms with Gasteiger partial charge in [-0.15, -0.1) is 0 Å². The molecule has 1 heterocycles. The van der Waals surface area contributed by atoms with Crippen molar-refractivity contribution in [3.05, 3.63) is 24.5 Å². The second-order valence-electron chi connectivity index (χ2n) is 2.61. The Kier molecular flexibility index (Phi) is 1.85. The summed E-state index contributed by atoms with van der Waals surface area (Å²) in [4.78, 5) is 0. The summed E-state index contributed by atoms with van der Waals surface area (Å²) in [6, 6.07) is 5.40. The zero-order chi connectivity index (χ0) is 9.26. The lowest BCUT2D eigenvalue weighted by Crippen LogP contribution is -1.86. The van der Waals surface area contributed by atoms with Crippen molar-refractivity contribution >= 4 is 11.0 Å². The maximum Gasteiger partial charge on any atom is 0.177 e. The Balaban J connectivity index is 2.70. The van der Waals surface area contributed by atoms with Gasteiger partial charge in [0, 0.05) is 11.5 Å². The molecule has 0 bridgehead atoms. The third-order valence-corrected chi connectivity index (χ3v) is 1.89. The second-order valence-corrected chi connectivity index (χ2v) is 2.61. The lowest BCUT2D eigenvalue weighted by Gasteiger charge is -2.03. The van der Waals surface area contributed by atoms with Crippen molar-refractivity contribution in [2.45, 2.75) is 0 Å². The Hall–Kier alpha value is -1.64. The van der Waals surface area contributed by atoms with Crippen LogP contribution in [0.2, 0.25) is 0 Å².